The van der Waals surface area contributed by atoms with Crippen LogP contribution in [0.25, 0.3) is 10.9 Å². The normalized spacial score (nSPS) is 17.1. The minimum atomic E-state index is 0.136. The van der Waals surface area contributed by atoms with Crippen molar-refractivity contribution in [3.05, 3.63) is 42.3 Å². The molecule has 25 heavy (non-hydrogen) atoms. The van der Waals surface area contributed by atoms with E-state index in [2.05, 4.69) is 42.9 Å². The number of benzene rings is 1. The molecule has 7 nitrogen and oxygen atoms in total. The van der Waals surface area contributed by atoms with Crippen LogP contribution in [0.5, 0.6) is 0 Å². The Morgan fingerprint density at radius 2 is 1.92 bits per heavy atom. The molecule has 1 saturated heterocycles. The van der Waals surface area contributed by atoms with E-state index < -0.39 is 0 Å². The summed E-state index contributed by atoms with van der Waals surface area (Å²) in [6.45, 7) is 7.86. The van der Waals surface area contributed by atoms with E-state index in [9.17, 15) is 0 Å². The van der Waals surface area contributed by atoms with Crippen LogP contribution in [0.2, 0.25) is 0 Å². The Kier molecular flexibility index (Phi) is 4.31. The average Bonchev–Trinajstić information content (AvgIpc) is 3.16. The van der Waals surface area contributed by atoms with E-state index in [1.807, 2.05) is 25.1 Å². The predicted octanol–water partition coefficient (Wildman–Crippen LogP) is 2.46. The maximum absolute atomic E-state index is 5.40. The van der Waals surface area contributed by atoms with Crippen molar-refractivity contribution in [3.8, 4) is 0 Å². The molecule has 3 aromatic rings. The third-order valence-corrected chi connectivity index (χ3v) is 4.84. The summed E-state index contributed by atoms with van der Waals surface area (Å²) in [6, 6.07) is 8.30. The van der Waals surface area contributed by atoms with Gasteiger partial charge in [-0.3, -0.25) is 4.90 Å². The summed E-state index contributed by atoms with van der Waals surface area (Å²) in [5.41, 5.74) is 0.987. The SMILES string of the molecule is CCc1noc([C@@H](C)N2CCN(c3ncnc4ccccc34)CC2)n1. The van der Waals surface area contributed by atoms with Crippen LogP contribution in [0.15, 0.2) is 35.1 Å². The molecule has 0 saturated carbocycles. The van der Waals surface area contributed by atoms with E-state index in [1.54, 1.807) is 6.33 Å². The van der Waals surface area contributed by atoms with Gasteiger partial charge < -0.3 is 9.42 Å². The number of nitrogens with zero attached hydrogens (tertiary/aromatic N) is 6. The molecule has 1 aromatic carbocycles. The number of hydrogen-bond acceptors (Lipinski definition) is 7. The van der Waals surface area contributed by atoms with Crippen molar-refractivity contribution in [1.29, 1.82) is 0 Å². The Balaban J connectivity index is 1.47. The van der Waals surface area contributed by atoms with Crippen LogP contribution in [-0.2, 0) is 6.42 Å². The molecule has 130 valence electrons. The number of hydrogen-bond donors (Lipinski definition) is 0. The third-order valence-electron chi connectivity index (χ3n) is 4.84. The first kappa shape index (κ1) is 16.0. The van der Waals surface area contributed by atoms with Gasteiger partial charge in [-0.2, -0.15) is 4.98 Å². The second-order valence-corrected chi connectivity index (χ2v) is 6.32. The molecule has 1 fully saturated rings. The zero-order valence-electron chi connectivity index (χ0n) is 14.6. The Morgan fingerprint density at radius 1 is 1.12 bits per heavy atom. The summed E-state index contributed by atoms with van der Waals surface area (Å²) in [4.78, 5) is 18.1. The first-order valence-corrected chi connectivity index (χ1v) is 8.77. The quantitative estimate of drug-likeness (QED) is 0.723. The molecule has 1 aliphatic heterocycles. The topological polar surface area (TPSA) is 71.2 Å². The van der Waals surface area contributed by atoms with Crippen LogP contribution in [0, 0.1) is 0 Å². The molecular weight excluding hydrogens is 316 g/mol. The summed E-state index contributed by atoms with van der Waals surface area (Å²) < 4.78 is 5.40. The van der Waals surface area contributed by atoms with Crippen LogP contribution >= 0.6 is 0 Å². The van der Waals surface area contributed by atoms with Gasteiger partial charge in [-0.25, -0.2) is 9.97 Å². The Labute approximate surface area is 146 Å². The van der Waals surface area contributed by atoms with Crippen molar-refractivity contribution in [1.82, 2.24) is 25.0 Å². The van der Waals surface area contributed by atoms with Gasteiger partial charge >= 0.3 is 0 Å². The summed E-state index contributed by atoms with van der Waals surface area (Å²) in [6.07, 6.45) is 2.45. The smallest absolute Gasteiger partial charge is 0.243 e. The molecule has 0 spiro atoms. The highest BCUT2D eigenvalue weighted by Gasteiger charge is 2.26. The Bertz CT molecular complexity index is 850. The molecule has 7 heteroatoms. The summed E-state index contributed by atoms with van der Waals surface area (Å²) in [5, 5.41) is 5.11. The minimum absolute atomic E-state index is 0.136. The van der Waals surface area contributed by atoms with E-state index in [1.165, 1.54) is 0 Å². The highest BCUT2D eigenvalue weighted by Crippen LogP contribution is 2.26. The Hall–Kier alpha value is -2.54. The molecule has 3 heterocycles. The zero-order valence-corrected chi connectivity index (χ0v) is 14.6. The highest BCUT2D eigenvalue weighted by atomic mass is 16.5. The van der Waals surface area contributed by atoms with Crippen molar-refractivity contribution in [2.24, 2.45) is 0 Å². The number of aromatic nitrogens is 4. The number of anilines is 1. The van der Waals surface area contributed by atoms with Gasteiger partial charge in [0.05, 0.1) is 11.6 Å². The minimum Gasteiger partial charge on any atom is -0.353 e. The molecule has 0 radical (unpaired) electrons. The fourth-order valence-electron chi connectivity index (χ4n) is 3.30. The van der Waals surface area contributed by atoms with Crippen LogP contribution in [0.4, 0.5) is 5.82 Å². The monoisotopic (exact) mass is 338 g/mol. The van der Waals surface area contributed by atoms with Gasteiger partial charge in [-0.1, -0.05) is 24.2 Å². The van der Waals surface area contributed by atoms with Gasteiger partial charge in [0.15, 0.2) is 5.82 Å². The highest BCUT2D eigenvalue weighted by molar-refractivity contribution is 5.89. The summed E-state index contributed by atoms with van der Waals surface area (Å²) in [5.74, 6) is 2.50. The summed E-state index contributed by atoms with van der Waals surface area (Å²) in [7, 11) is 0. The lowest BCUT2D eigenvalue weighted by Crippen LogP contribution is -2.47. The van der Waals surface area contributed by atoms with E-state index in [0.29, 0.717) is 5.89 Å². The third kappa shape index (κ3) is 3.07. The van der Waals surface area contributed by atoms with Crippen molar-refractivity contribution in [2.75, 3.05) is 31.1 Å². The van der Waals surface area contributed by atoms with Gasteiger partial charge in [-0.15, -0.1) is 0 Å². The van der Waals surface area contributed by atoms with Gasteiger partial charge in [0.1, 0.15) is 12.1 Å². The molecule has 0 amide bonds. The van der Waals surface area contributed by atoms with Crippen LogP contribution in [0.1, 0.15) is 31.6 Å². The van der Waals surface area contributed by atoms with E-state index in [0.717, 1.165) is 55.1 Å². The standard InChI is InChI=1S/C18H22N6O/c1-3-16-21-18(25-22-16)13(2)23-8-10-24(11-9-23)17-14-6-4-5-7-15(14)19-12-20-17/h4-7,12-13H,3,8-11H2,1-2H3/t13-/m1/s1. The van der Waals surface area contributed by atoms with Crippen molar-refractivity contribution in [2.45, 2.75) is 26.3 Å². The lowest BCUT2D eigenvalue weighted by Gasteiger charge is -2.37. The first-order valence-electron chi connectivity index (χ1n) is 8.77. The molecular formula is C18H22N6O. The zero-order chi connectivity index (χ0) is 17.2. The van der Waals surface area contributed by atoms with Crippen molar-refractivity contribution in [3.63, 3.8) is 0 Å². The van der Waals surface area contributed by atoms with Gasteiger partial charge in [0.25, 0.3) is 0 Å². The molecule has 1 aliphatic rings. The van der Waals surface area contributed by atoms with Gasteiger partial charge in [0, 0.05) is 38.0 Å². The van der Waals surface area contributed by atoms with E-state index in [4.69, 9.17) is 4.52 Å². The maximum atomic E-state index is 5.40. The average molecular weight is 338 g/mol. The molecule has 2 aromatic heterocycles. The molecule has 0 aliphatic carbocycles. The number of para-hydroxylation sites is 1. The fraction of sp³-hybridized carbons (Fsp3) is 0.444. The number of aryl methyl sites for hydroxylation is 1. The molecule has 1 atom stereocenters. The summed E-state index contributed by atoms with van der Waals surface area (Å²) >= 11 is 0. The lowest BCUT2D eigenvalue weighted by molar-refractivity contribution is 0.164. The second-order valence-electron chi connectivity index (χ2n) is 6.32. The second kappa shape index (κ2) is 6.76. The maximum Gasteiger partial charge on any atom is 0.243 e. The van der Waals surface area contributed by atoms with E-state index >= 15 is 0 Å². The van der Waals surface area contributed by atoms with Crippen molar-refractivity contribution >= 4 is 16.7 Å². The fourth-order valence-corrected chi connectivity index (χ4v) is 3.30. The largest absolute Gasteiger partial charge is 0.353 e. The van der Waals surface area contributed by atoms with Crippen molar-refractivity contribution < 1.29 is 4.52 Å². The van der Waals surface area contributed by atoms with Crippen LogP contribution in [0.3, 0.4) is 0 Å². The molecule has 0 unspecified atom stereocenters. The number of rotatable bonds is 4. The first-order chi connectivity index (χ1) is 12.3. The molecule has 0 N–H and O–H groups in total. The molecule has 0 bridgehead atoms. The van der Waals surface area contributed by atoms with Gasteiger partial charge in [-0.05, 0) is 19.1 Å². The Morgan fingerprint density at radius 3 is 2.68 bits per heavy atom. The van der Waals surface area contributed by atoms with Crippen LogP contribution in [-0.4, -0.2) is 51.2 Å². The van der Waals surface area contributed by atoms with E-state index in [-0.39, 0.29) is 6.04 Å². The lowest BCUT2D eigenvalue weighted by atomic mass is 10.2. The van der Waals surface area contributed by atoms with Crippen LogP contribution < -0.4 is 4.90 Å². The molecule has 4 rings (SSSR count). The predicted molar refractivity (Wildman–Crippen MR) is 95.4 cm³/mol. The number of fused-ring (bicyclic) bond motifs is 1. The number of piperazine rings is 1. The van der Waals surface area contributed by atoms with Gasteiger partial charge in [0.2, 0.25) is 5.89 Å².